The van der Waals surface area contributed by atoms with Gasteiger partial charge in [0.15, 0.2) is 6.29 Å². The predicted octanol–water partition coefficient (Wildman–Crippen LogP) is 4.99. The number of rotatable bonds is 6. The summed E-state index contributed by atoms with van der Waals surface area (Å²) in [6, 6.07) is 8.63. The average molecular weight is 398 g/mol. The molecule has 0 saturated carbocycles. The van der Waals surface area contributed by atoms with Gasteiger partial charge in [-0.25, -0.2) is 9.38 Å². The Morgan fingerprint density at radius 1 is 1.29 bits per heavy atom. The number of carbonyl (C=O) groups excluding carboxylic acids is 1. The van der Waals surface area contributed by atoms with Gasteiger partial charge in [-0.3, -0.25) is 14.7 Å². The Kier molecular flexibility index (Phi) is 6.49. The molecule has 4 nitrogen and oxygen atoms in total. The van der Waals surface area contributed by atoms with Crippen LogP contribution in [0.2, 0.25) is 0 Å². The first-order valence-corrected chi connectivity index (χ1v) is 9.31. The van der Waals surface area contributed by atoms with Crippen LogP contribution in [0.4, 0.5) is 4.39 Å². The number of allylic oxidation sites excluding steroid dienone is 3. The summed E-state index contributed by atoms with van der Waals surface area (Å²) in [5.74, 6) is -0.282. The molecule has 1 aromatic carbocycles. The summed E-state index contributed by atoms with van der Waals surface area (Å²) >= 11 is 6.07. The van der Waals surface area contributed by atoms with Crippen molar-refractivity contribution in [2.24, 2.45) is 4.99 Å². The number of aromatic nitrogens is 1. The van der Waals surface area contributed by atoms with Crippen molar-refractivity contribution in [3.63, 3.8) is 0 Å². The lowest BCUT2D eigenvalue weighted by Crippen LogP contribution is -2.19. The Labute approximate surface area is 169 Å². The largest absolute Gasteiger partial charge is 0.298 e. The molecule has 0 amide bonds. The smallest absolute Gasteiger partial charge is 0.151 e. The topological polar surface area (TPSA) is 45.6 Å². The van der Waals surface area contributed by atoms with Crippen LogP contribution >= 0.6 is 11.6 Å². The molecule has 0 radical (unpaired) electrons. The summed E-state index contributed by atoms with van der Waals surface area (Å²) in [7, 11) is 1.87. The molecule has 0 N–H and O–H groups in total. The summed E-state index contributed by atoms with van der Waals surface area (Å²) in [5, 5.41) is 0.481. The fourth-order valence-corrected chi connectivity index (χ4v) is 3.10. The van der Waals surface area contributed by atoms with E-state index in [0.717, 1.165) is 23.0 Å². The molecule has 144 valence electrons. The fraction of sp³-hybridized carbons (Fsp3) is 0.227. The number of benzene rings is 1. The molecule has 2 heterocycles. The third-order valence-electron chi connectivity index (χ3n) is 4.60. The maximum Gasteiger partial charge on any atom is 0.151 e. The molecule has 1 aliphatic heterocycles. The summed E-state index contributed by atoms with van der Waals surface area (Å²) in [5.41, 5.74) is 4.39. The molecule has 0 saturated heterocycles. The van der Waals surface area contributed by atoms with E-state index in [1.165, 1.54) is 6.07 Å². The number of hydrogen-bond donors (Lipinski definition) is 0. The lowest BCUT2D eigenvalue weighted by Gasteiger charge is -2.18. The van der Waals surface area contributed by atoms with E-state index in [1.54, 1.807) is 30.6 Å². The van der Waals surface area contributed by atoms with Gasteiger partial charge in [-0.1, -0.05) is 29.8 Å². The highest BCUT2D eigenvalue weighted by Crippen LogP contribution is 2.24. The molecule has 0 atom stereocenters. The highest BCUT2D eigenvalue weighted by atomic mass is 35.5. The van der Waals surface area contributed by atoms with E-state index in [9.17, 15) is 9.18 Å². The number of pyridine rings is 1. The van der Waals surface area contributed by atoms with Crippen LogP contribution in [0.3, 0.4) is 0 Å². The SMILES string of the molecule is CC1=C(Cl)N=CC(c2ccc(CN(C)Cc3ncccc3C=O)c(F)c2)=CC1. The van der Waals surface area contributed by atoms with Crippen LogP contribution in [-0.2, 0) is 13.1 Å². The zero-order valence-electron chi connectivity index (χ0n) is 15.8. The second kappa shape index (κ2) is 9.04. The molecule has 0 bridgehead atoms. The van der Waals surface area contributed by atoms with Gasteiger partial charge in [0.2, 0.25) is 0 Å². The monoisotopic (exact) mass is 397 g/mol. The molecule has 2 aromatic rings. The lowest BCUT2D eigenvalue weighted by molar-refractivity contribution is 0.112. The molecule has 1 aromatic heterocycles. The van der Waals surface area contributed by atoms with Gasteiger partial charge in [0.05, 0.1) is 5.69 Å². The first kappa shape index (κ1) is 20.1. The normalized spacial score (nSPS) is 14.2. The first-order valence-electron chi connectivity index (χ1n) is 8.94. The molecular formula is C22H21ClFN3O. The number of aliphatic imine (C=N–C) groups is 1. The van der Waals surface area contributed by atoms with Gasteiger partial charge in [-0.15, -0.1) is 0 Å². The molecule has 6 heteroatoms. The Hall–Kier alpha value is -2.63. The fourth-order valence-electron chi connectivity index (χ4n) is 2.98. The number of aldehydes is 1. The van der Waals surface area contributed by atoms with E-state index in [2.05, 4.69) is 9.98 Å². The molecule has 0 aliphatic carbocycles. The van der Waals surface area contributed by atoms with Crippen LogP contribution in [0.15, 0.2) is 58.3 Å². The van der Waals surface area contributed by atoms with Crippen LogP contribution in [0.5, 0.6) is 0 Å². The maximum absolute atomic E-state index is 14.7. The number of hydrogen-bond acceptors (Lipinski definition) is 4. The van der Waals surface area contributed by atoms with Crippen molar-refractivity contribution in [2.75, 3.05) is 7.05 Å². The van der Waals surface area contributed by atoms with Crippen molar-refractivity contribution in [1.82, 2.24) is 9.88 Å². The Morgan fingerprint density at radius 3 is 2.86 bits per heavy atom. The van der Waals surface area contributed by atoms with Crippen molar-refractivity contribution in [3.8, 4) is 0 Å². The minimum atomic E-state index is -0.282. The third-order valence-corrected chi connectivity index (χ3v) is 5.02. The predicted molar refractivity (Wildman–Crippen MR) is 111 cm³/mol. The second-order valence-corrected chi connectivity index (χ2v) is 7.19. The molecule has 28 heavy (non-hydrogen) atoms. The van der Waals surface area contributed by atoms with Gasteiger partial charge in [-0.2, -0.15) is 0 Å². The number of carbonyl (C=O) groups is 1. The van der Waals surface area contributed by atoms with Crippen LogP contribution in [-0.4, -0.2) is 29.4 Å². The molecular weight excluding hydrogens is 377 g/mol. The standard InChI is InChI=1S/C22H21ClFN3O/c1-15-5-6-17(11-26-22(15)23)16-7-8-18(20(24)10-16)12-27(2)13-21-19(14-28)4-3-9-25-21/h3-4,6-11,14H,5,12-13H2,1-2H3. The van der Waals surface area contributed by atoms with Gasteiger partial charge < -0.3 is 0 Å². The lowest BCUT2D eigenvalue weighted by atomic mass is 10.0. The number of nitrogens with zero attached hydrogens (tertiary/aromatic N) is 3. The highest BCUT2D eigenvalue weighted by molar-refractivity contribution is 6.31. The molecule has 3 rings (SSSR count). The molecule has 0 fully saturated rings. The van der Waals surface area contributed by atoms with Crippen molar-refractivity contribution >= 4 is 29.7 Å². The zero-order chi connectivity index (χ0) is 20.1. The molecule has 0 spiro atoms. The number of halogens is 2. The van der Waals surface area contributed by atoms with Gasteiger partial charge in [-0.05, 0) is 55.3 Å². The van der Waals surface area contributed by atoms with E-state index in [4.69, 9.17) is 11.6 Å². The van der Waals surface area contributed by atoms with Crippen LogP contribution in [0, 0.1) is 5.82 Å². The quantitative estimate of drug-likeness (QED) is 0.509. The molecule has 0 unspecified atom stereocenters. The maximum atomic E-state index is 14.7. The average Bonchev–Trinajstić information content (AvgIpc) is 2.85. The van der Waals surface area contributed by atoms with Crippen molar-refractivity contribution in [3.05, 3.63) is 81.5 Å². The molecule has 1 aliphatic rings. The van der Waals surface area contributed by atoms with Crippen LogP contribution in [0.1, 0.15) is 40.5 Å². The van der Waals surface area contributed by atoms with E-state index >= 15 is 0 Å². The Morgan fingerprint density at radius 2 is 2.11 bits per heavy atom. The van der Waals surface area contributed by atoms with E-state index in [-0.39, 0.29) is 5.82 Å². The third kappa shape index (κ3) is 4.80. The van der Waals surface area contributed by atoms with E-state index in [1.807, 2.05) is 31.0 Å². The van der Waals surface area contributed by atoms with Crippen molar-refractivity contribution in [2.45, 2.75) is 26.4 Å². The van der Waals surface area contributed by atoms with Crippen LogP contribution in [0.25, 0.3) is 5.57 Å². The van der Waals surface area contributed by atoms with E-state index < -0.39 is 0 Å². The summed E-state index contributed by atoms with van der Waals surface area (Å²) in [6.07, 6.45) is 6.79. The minimum Gasteiger partial charge on any atom is -0.298 e. The van der Waals surface area contributed by atoms with Gasteiger partial charge in [0.1, 0.15) is 11.0 Å². The van der Waals surface area contributed by atoms with Crippen molar-refractivity contribution in [1.29, 1.82) is 0 Å². The Bertz CT molecular complexity index is 981. The zero-order valence-corrected chi connectivity index (χ0v) is 16.6. The van der Waals surface area contributed by atoms with Gasteiger partial charge >= 0.3 is 0 Å². The van der Waals surface area contributed by atoms with E-state index in [0.29, 0.717) is 41.5 Å². The minimum absolute atomic E-state index is 0.282. The van der Waals surface area contributed by atoms with Gasteiger partial charge in [0.25, 0.3) is 0 Å². The highest BCUT2D eigenvalue weighted by Gasteiger charge is 2.12. The second-order valence-electron chi connectivity index (χ2n) is 6.83. The first-order chi connectivity index (χ1) is 13.5. The Balaban J connectivity index is 1.72. The summed E-state index contributed by atoms with van der Waals surface area (Å²) in [6.45, 7) is 2.79. The summed E-state index contributed by atoms with van der Waals surface area (Å²) < 4.78 is 14.7. The van der Waals surface area contributed by atoms with Gasteiger partial charge in [0, 0.05) is 36.6 Å². The van der Waals surface area contributed by atoms with Crippen LogP contribution < -0.4 is 0 Å². The van der Waals surface area contributed by atoms with Crippen molar-refractivity contribution < 1.29 is 9.18 Å². The summed E-state index contributed by atoms with van der Waals surface area (Å²) in [4.78, 5) is 21.5.